The van der Waals surface area contributed by atoms with Gasteiger partial charge in [-0.2, -0.15) is 0 Å². The SMILES string of the molecule is N[C@H]1[C@H](O)[C@@H](O)[C@@H](OP(=O)(O)O)O[C@@H]1CO. The van der Waals surface area contributed by atoms with Crippen LogP contribution in [0.2, 0.25) is 0 Å². The minimum Gasteiger partial charge on any atom is -0.394 e. The summed E-state index contributed by atoms with van der Waals surface area (Å²) in [6.45, 7) is -0.577. The highest BCUT2D eigenvalue weighted by Crippen LogP contribution is 2.40. The molecule has 0 saturated carbocycles. The van der Waals surface area contributed by atoms with Crippen LogP contribution in [-0.2, 0) is 13.8 Å². The van der Waals surface area contributed by atoms with Crippen molar-refractivity contribution < 1.29 is 38.9 Å². The van der Waals surface area contributed by atoms with Gasteiger partial charge in [0.05, 0.1) is 12.6 Å². The summed E-state index contributed by atoms with van der Waals surface area (Å²) in [6, 6.07) is -1.07. The van der Waals surface area contributed by atoms with Crippen molar-refractivity contribution in [1.29, 1.82) is 0 Å². The summed E-state index contributed by atoms with van der Waals surface area (Å²) in [6.07, 6.45) is -6.03. The molecule has 16 heavy (non-hydrogen) atoms. The Labute approximate surface area is 90.6 Å². The van der Waals surface area contributed by atoms with Gasteiger partial charge in [-0.1, -0.05) is 0 Å². The molecule has 10 heteroatoms. The van der Waals surface area contributed by atoms with Crippen molar-refractivity contribution in [1.82, 2.24) is 0 Å². The number of ether oxygens (including phenoxy) is 1. The zero-order valence-electron chi connectivity index (χ0n) is 8.08. The Morgan fingerprint density at radius 3 is 2.31 bits per heavy atom. The van der Waals surface area contributed by atoms with Crippen molar-refractivity contribution in [2.24, 2.45) is 5.73 Å². The lowest BCUT2D eigenvalue weighted by molar-refractivity contribution is -0.251. The van der Waals surface area contributed by atoms with Crippen LogP contribution >= 0.6 is 7.82 Å². The Bertz CT molecular complexity index is 280. The number of rotatable bonds is 3. The fraction of sp³-hybridized carbons (Fsp3) is 1.00. The van der Waals surface area contributed by atoms with E-state index in [0.29, 0.717) is 0 Å². The highest BCUT2D eigenvalue weighted by molar-refractivity contribution is 7.46. The van der Waals surface area contributed by atoms with Crippen LogP contribution in [-0.4, -0.2) is 62.4 Å². The number of aliphatic hydroxyl groups excluding tert-OH is 3. The quantitative estimate of drug-likeness (QED) is 0.287. The molecule has 1 aliphatic rings. The zero-order chi connectivity index (χ0) is 12.5. The number of phosphoric ester groups is 1. The van der Waals surface area contributed by atoms with E-state index in [-0.39, 0.29) is 0 Å². The van der Waals surface area contributed by atoms with Gasteiger partial charge in [0.25, 0.3) is 0 Å². The van der Waals surface area contributed by atoms with Crippen LogP contribution < -0.4 is 5.73 Å². The van der Waals surface area contributed by atoms with Gasteiger partial charge >= 0.3 is 7.82 Å². The summed E-state index contributed by atoms with van der Waals surface area (Å²) >= 11 is 0. The third-order valence-corrected chi connectivity index (χ3v) is 2.66. The largest absolute Gasteiger partial charge is 0.472 e. The molecule has 1 aliphatic heterocycles. The standard InChI is InChI=1S/C6H14NO8P/c7-3-2(1-8)14-6(5(10)4(3)9)15-16(11,12)13/h2-6,8-10H,1,7H2,(H2,11,12,13)/t2-,3-,4+,5-,6-/m1/s1. The lowest BCUT2D eigenvalue weighted by Gasteiger charge is -2.40. The van der Waals surface area contributed by atoms with Crippen LogP contribution in [0, 0.1) is 0 Å². The van der Waals surface area contributed by atoms with Gasteiger partial charge in [-0.15, -0.1) is 0 Å². The first kappa shape index (κ1) is 14.0. The van der Waals surface area contributed by atoms with E-state index in [4.69, 9.17) is 25.4 Å². The van der Waals surface area contributed by atoms with E-state index in [1.54, 1.807) is 0 Å². The van der Waals surface area contributed by atoms with E-state index >= 15 is 0 Å². The fourth-order valence-corrected chi connectivity index (χ4v) is 1.78. The number of nitrogens with two attached hydrogens (primary N) is 1. The van der Waals surface area contributed by atoms with Gasteiger partial charge < -0.3 is 35.6 Å². The molecule has 9 nitrogen and oxygen atoms in total. The molecule has 0 aromatic heterocycles. The first-order valence-electron chi connectivity index (χ1n) is 4.38. The van der Waals surface area contributed by atoms with E-state index in [1.807, 2.05) is 0 Å². The molecule has 0 aliphatic carbocycles. The van der Waals surface area contributed by atoms with E-state index in [2.05, 4.69) is 4.52 Å². The van der Waals surface area contributed by atoms with Gasteiger partial charge in [0, 0.05) is 0 Å². The Hall–Kier alpha value is -0.0900. The Morgan fingerprint density at radius 1 is 1.31 bits per heavy atom. The number of aliphatic hydroxyl groups is 3. The minimum atomic E-state index is -4.87. The topological polar surface area (TPSA) is 163 Å². The summed E-state index contributed by atoms with van der Waals surface area (Å²) in [4.78, 5) is 17.0. The van der Waals surface area contributed by atoms with Crippen molar-refractivity contribution in [2.75, 3.05) is 6.61 Å². The molecular formula is C6H14NO8P. The molecule has 1 rings (SSSR count). The smallest absolute Gasteiger partial charge is 0.394 e. The van der Waals surface area contributed by atoms with Gasteiger partial charge in [-0.25, -0.2) is 4.57 Å². The van der Waals surface area contributed by atoms with Crippen LogP contribution in [0.15, 0.2) is 0 Å². The van der Waals surface area contributed by atoms with Crippen molar-refractivity contribution in [3.05, 3.63) is 0 Å². The molecule has 0 amide bonds. The van der Waals surface area contributed by atoms with E-state index in [1.165, 1.54) is 0 Å². The number of hydrogen-bond donors (Lipinski definition) is 6. The average molecular weight is 259 g/mol. The minimum absolute atomic E-state index is 0.577. The second-order valence-electron chi connectivity index (χ2n) is 3.38. The highest BCUT2D eigenvalue weighted by Gasteiger charge is 2.45. The lowest BCUT2D eigenvalue weighted by Crippen LogP contribution is -2.62. The second-order valence-corrected chi connectivity index (χ2v) is 4.57. The maximum Gasteiger partial charge on any atom is 0.472 e. The van der Waals surface area contributed by atoms with E-state index in [9.17, 15) is 14.8 Å². The maximum atomic E-state index is 10.5. The van der Waals surface area contributed by atoms with Gasteiger partial charge in [0.15, 0.2) is 6.29 Å². The molecular weight excluding hydrogens is 245 g/mol. The number of hydrogen-bond acceptors (Lipinski definition) is 7. The molecule has 96 valence electrons. The Kier molecular flexibility index (Phi) is 4.41. The third-order valence-electron chi connectivity index (χ3n) is 2.18. The Balaban J connectivity index is 2.75. The van der Waals surface area contributed by atoms with Crippen LogP contribution in [0.5, 0.6) is 0 Å². The van der Waals surface area contributed by atoms with Gasteiger partial charge in [-0.3, -0.25) is 4.52 Å². The van der Waals surface area contributed by atoms with Crippen molar-refractivity contribution in [3.63, 3.8) is 0 Å². The molecule has 0 aromatic rings. The second kappa shape index (κ2) is 5.05. The van der Waals surface area contributed by atoms with Crippen LogP contribution in [0.3, 0.4) is 0 Å². The molecule has 0 bridgehead atoms. The normalized spacial score (nSPS) is 41.0. The number of phosphoric acid groups is 1. The molecule has 1 heterocycles. The molecule has 0 aromatic carbocycles. The lowest BCUT2D eigenvalue weighted by atomic mass is 9.97. The van der Waals surface area contributed by atoms with Gasteiger partial charge in [-0.05, 0) is 0 Å². The average Bonchev–Trinajstić information content (AvgIpc) is 2.17. The molecule has 1 fully saturated rings. The summed E-state index contributed by atoms with van der Waals surface area (Å²) in [5.41, 5.74) is 5.40. The first-order valence-corrected chi connectivity index (χ1v) is 5.91. The van der Waals surface area contributed by atoms with E-state index in [0.717, 1.165) is 0 Å². The van der Waals surface area contributed by atoms with Gasteiger partial charge in [0.1, 0.15) is 18.3 Å². The fourth-order valence-electron chi connectivity index (χ4n) is 1.34. The van der Waals surface area contributed by atoms with Gasteiger partial charge in [0.2, 0.25) is 0 Å². The molecule has 0 spiro atoms. The Morgan fingerprint density at radius 2 is 1.88 bits per heavy atom. The van der Waals surface area contributed by atoms with Crippen LogP contribution in [0.25, 0.3) is 0 Å². The molecule has 5 atom stereocenters. The van der Waals surface area contributed by atoms with E-state index < -0.39 is 45.1 Å². The molecule has 1 saturated heterocycles. The van der Waals surface area contributed by atoms with Crippen LogP contribution in [0.1, 0.15) is 0 Å². The summed E-state index contributed by atoms with van der Waals surface area (Å²) in [5.74, 6) is 0. The predicted molar refractivity (Wildman–Crippen MR) is 48.9 cm³/mol. The monoisotopic (exact) mass is 259 g/mol. The molecule has 0 unspecified atom stereocenters. The summed E-state index contributed by atoms with van der Waals surface area (Å²) in [5, 5.41) is 27.6. The summed E-state index contributed by atoms with van der Waals surface area (Å²) < 4.78 is 19.5. The zero-order valence-corrected chi connectivity index (χ0v) is 8.97. The van der Waals surface area contributed by atoms with Crippen LogP contribution in [0.4, 0.5) is 0 Å². The molecule has 0 radical (unpaired) electrons. The first-order chi connectivity index (χ1) is 7.26. The molecule has 7 N–H and O–H groups in total. The highest BCUT2D eigenvalue weighted by atomic mass is 31.2. The van der Waals surface area contributed by atoms with Crippen molar-refractivity contribution >= 4 is 7.82 Å². The predicted octanol–water partition coefficient (Wildman–Crippen LogP) is -3.14. The summed E-state index contributed by atoms with van der Waals surface area (Å²) in [7, 11) is -4.87. The third kappa shape index (κ3) is 3.20. The van der Waals surface area contributed by atoms with Crippen molar-refractivity contribution in [2.45, 2.75) is 30.6 Å². The van der Waals surface area contributed by atoms with Crippen molar-refractivity contribution in [3.8, 4) is 0 Å². The maximum absolute atomic E-state index is 10.5.